The molecule has 0 bridgehead atoms. The minimum Gasteiger partial charge on any atom is -0.321 e. The van der Waals surface area contributed by atoms with Gasteiger partial charge in [0, 0.05) is 22.4 Å². The first-order valence-corrected chi connectivity index (χ1v) is 11.6. The van der Waals surface area contributed by atoms with E-state index in [4.69, 9.17) is 12.2 Å². The van der Waals surface area contributed by atoms with Crippen molar-refractivity contribution in [1.29, 1.82) is 0 Å². The van der Waals surface area contributed by atoms with Gasteiger partial charge in [-0.25, -0.2) is 4.68 Å². The van der Waals surface area contributed by atoms with Crippen LogP contribution in [-0.2, 0) is 7.05 Å². The molecule has 3 aromatic heterocycles. The van der Waals surface area contributed by atoms with Gasteiger partial charge in [0.2, 0.25) is 0 Å². The van der Waals surface area contributed by atoms with Crippen molar-refractivity contribution < 1.29 is 0 Å². The van der Waals surface area contributed by atoms with Crippen LogP contribution >= 0.6 is 39.5 Å². The van der Waals surface area contributed by atoms with Crippen LogP contribution in [0.5, 0.6) is 0 Å². The molecule has 0 radical (unpaired) electrons. The third-order valence-corrected chi connectivity index (χ3v) is 7.35. The van der Waals surface area contributed by atoms with Gasteiger partial charge in [0.1, 0.15) is 10.4 Å². The molecule has 0 aliphatic heterocycles. The predicted octanol–water partition coefficient (Wildman–Crippen LogP) is 4.18. The second kappa shape index (κ2) is 7.51. The molecular weight excluding hydrogens is 512 g/mol. The fourth-order valence-corrected chi connectivity index (χ4v) is 5.56. The molecule has 1 N–H and O–H groups in total. The normalized spacial score (nSPS) is 11.5. The van der Waals surface area contributed by atoms with Crippen molar-refractivity contribution in [2.75, 3.05) is 0 Å². The number of nitrogens with zero attached hydrogens (tertiary/aromatic N) is 3. The molecule has 160 valence electrons. The molecule has 7 nitrogen and oxygen atoms in total. The monoisotopic (exact) mass is 526 g/mol. The van der Waals surface area contributed by atoms with E-state index in [9.17, 15) is 14.4 Å². The Labute approximate surface area is 197 Å². The fourth-order valence-electron chi connectivity index (χ4n) is 3.89. The minimum atomic E-state index is -0.496. The lowest BCUT2D eigenvalue weighted by Crippen LogP contribution is -2.27. The SMILES string of the molecule is Cc1c(-n2c(=S)sc3c(=O)[nH]c4ccc(Br)cc4c3c2=O)c(=O)n(-c2ccccc2)n1C. The first-order valence-electron chi connectivity index (χ1n) is 9.55. The van der Waals surface area contributed by atoms with Crippen molar-refractivity contribution in [2.24, 2.45) is 7.05 Å². The summed E-state index contributed by atoms with van der Waals surface area (Å²) in [6.07, 6.45) is 0. The highest BCUT2D eigenvalue weighted by atomic mass is 79.9. The summed E-state index contributed by atoms with van der Waals surface area (Å²) in [5.41, 5.74) is 0.701. The van der Waals surface area contributed by atoms with Gasteiger partial charge >= 0.3 is 0 Å². The van der Waals surface area contributed by atoms with Gasteiger partial charge in [-0.2, -0.15) is 0 Å². The minimum absolute atomic E-state index is 0.133. The summed E-state index contributed by atoms with van der Waals surface area (Å²) in [7, 11) is 1.75. The van der Waals surface area contributed by atoms with Crippen molar-refractivity contribution in [1.82, 2.24) is 18.9 Å². The van der Waals surface area contributed by atoms with E-state index < -0.39 is 5.56 Å². The van der Waals surface area contributed by atoms with Gasteiger partial charge < -0.3 is 4.98 Å². The molecule has 5 rings (SSSR count). The Hall–Kier alpha value is -3.08. The quantitative estimate of drug-likeness (QED) is 0.276. The molecule has 0 aliphatic rings. The number of halogens is 1. The number of hydrogen-bond donors (Lipinski definition) is 1. The van der Waals surface area contributed by atoms with Crippen LogP contribution in [0.1, 0.15) is 5.69 Å². The summed E-state index contributed by atoms with van der Waals surface area (Å²) in [6.45, 7) is 1.76. The van der Waals surface area contributed by atoms with Gasteiger partial charge in [-0.15, -0.1) is 0 Å². The van der Waals surface area contributed by atoms with E-state index in [-0.39, 0.29) is 30.8 Å². The number of aromatic nitrogens is 4. The molecule has 0 unspecified atom stereocenters. The van der Waals surface area contributed by atoms with Crippen molar-refractivity contribution >= 4 is 60.5 Å². The Morgan fingerprint density at radius 3 is 2.47 bits per heavy atom. The lowest BCUT2D eigenvalue weighted by Gasteiger charge is -2.08. The molecule has 5 aromatic rings. The summed E-state index contributed by atoms with van der Waals surface area (Å²) in [5, 5.41) is 0.813. The maximum absolute atomic E-state index is 13.8. The van der Waals surface area contributed by atoms with Crippen LogP contribution < -0.4 is 16.7 Å². The molecule has 0 amide bonds. The van der Waals surface area contributed by atoms with Crippen molar-refractivity contribution in [3.05, 3.63) is 93.7 Å². The first kappa shape index (κ1) is 20.8. The van der Waals surface area contributed by atoms with Crippen LogP contribution in [0, 0.1) is 10.9 Å². The van der Waals surface area contributed by atoms with Crippen molar-refractivity contribution in [3.63, 3.8) is 0 Å². The number of nitrogens with one attached hydrogen (secondary N) is 1. The number of aromatic amines is 1. The Bertz CT molecular complexity index is 1790. The Balaban J connectivity index is 1.96. The number of H-pyrrole nitrogens is 1. The second-order valence-corrected chi connectivity index (χ2v) is 9.83. The highest BCUT2D eigenvalue weighted by Crippen LogP contribution is 2.25. The van der Waals surface area contributed by atoms with Gasteiger partial charge in [-0.05, 0) is 49.5 Å². The van der Waals surface area contributed by atoms with Crippen LogP contribution in [0.4, 0.5) is 0 Å². The molecule has 0 saturated heterocycles. The lowest BCUT2D eigenvalue weighted by molar-refractivity contribution is 0.630. The summed E-state index contributed by atoms with van der Waals surface area (Å²) >= 11 is 9.95. The zero-order valence-electron chi connectivity index (χ0n) is 16.9. The van der Waals surface area contributed by atoms with E-state index >= 15 is 0 Å². The van der Waals surface area contributed by atoms with Gasteiger partial charge in [-0.3, -0.25) is 23.6 Å². The van der Waals surface area contributed by atoms with E-state index in [0.29, 0.717) is 22.3 Å². The Morgan fingerprint density at radius 2 is 1.75 bits per heavy atom. The van der Waals surface area contributed by atoms with Crippen LogP contribution in [0.25, 0.3) is 32.4 Å². The number of fused-ring (bicyclic) bond motifs is 3. The van der Waals surface area contributed by atoms with E-state index in [1.165, 1.54) is 9.25 Å². The standard InChI is InChI=1S/C22H15BrN4O3S2/c1-11-17(21(30)27(25(11)2)13-6-4-3-5-7-13)26-20(29)16-14-10-12(23)8-9-15(14)24-19(28)18(16)32-22(26)31/h3-10H,1-2H3,(H,24,28). The van der Waals surface area contributed by atoms with E-state index in [1.807, 2.05) is 30.3 Å². The first-order chi connectivity index (χ1) is 15.3. The molecule has 0 spiro atoms. The van der Waals surface area contributed by atoms with Crippen molar-refractivity contribution in [3.8, 4) is 11.4 Å². The number of benzene rings is 2. The van der Waals surface area contributed by atoms with Crippen molar-refractivity contribution in [2.45, 2.75) is 6.92 Å². The Morgan fingerprint density at radius 1 is 1.03 bits per heavy atom. The van der Waals surface area contributed by atoms with Crippen LogP contribution in [0.15, 0.2) is 67.4 Å². The average molecular weight is 527 g/mol. The summed E-state index contributed by atoms with van der Waals surface area (Å²) < 4.78 is 5.56. The Kier molecular flexibility index (Phi) is 4.88. The summed E-state index contributed by atoms with van der Waals surface area (Å²) in [6, 6.07) is 14.5. The van der Waals surface area contributed by atoms with E-state index in [1.54, 1.807) is 36.9 Å². The molecular formula is C22H15BrN4O3S2. The van der Waals surface area contributed by atoms with Crippen LogP contribution in [0.3, 0.4) is 0 Å². The molecule has 3 heterocycles. The number of para-hydroxylation sites is 1. The number of pyridine rings is 1. The zero-order valence-corrected chi connectivity index (χ0v) is 20.1. The largest absolute Gasteiger partial charge is 0.321 e. The van der Waals surface area contributed by atoms with Crippen LogP contribution in [0.2, 0.25) is 0 Å². The number of hydrogen-bond acceptors (Lipinski definition) is 5. The zero-order chi connectivity index (χ0) is 22.7. The third kappa shape index (κ3) is 2.98. The topological polar surface area (TPSA) is 81.8 Å². The highest BCUT2D eigenvalue weighted by Gasteiger charge is 2.22. The molecule has 0 aliphatic carbocycles. The van der Waals surface area contributed by atoms with Crippen LogP contribution in [-0.4, -0.2) is 18.9 Å². The molecule has 0 atom stereocenters. The van der Waals surface area contributed by atoms with Gasteiger partial charge in [0.05, 0.1) is 16.8 Å². The van der Waals surface area contributed by atoms with E-state index in [0.717, 1.165) is 15.8 Å². The van der Waals surface area contributed by atoms with E-state index in [2.05, 4.69) is 20.9 Å². The average Bonchev–Trinajstić information content (AvgIpc) is 2.98. The smallest absolute Gasteiger partial charge is 0.296 e. The van der Waals surface area contributed by atoms with Gasteiger partial charge in [0.15, 0.2) is 3.95 Å². The molecule has 0 saturated carbocycles. The predicted molar refractivity (Wildman–Crippen MR) is 133 cm³/mol. The van der Waals surface area contributed by atoms with Gasteiger partial charge in [-0.1, -0.05) is 45.5 Å². The molecule has 32 heavy (non-hydrogen) atoms. The second-order valence-electron chi connectivity index (χ2n) is 7.27. The lowest BCUT2D eigenvalue weighted by atomic mass is 10.1. The van der Waals surface area contributed by atoms with Gasteiger partial charge in [0.25, 0.3) is 16.7 Å². The molecule has 0 fully saturated rings. The fraction of sp³-hybridized carbons (Fsp3) is 0.0909. The summed E-state index contributed by atoms with van der Waals surface area (Å²) in [5.74, 6) is 0. The maximum Gasteiger partial charge on any atom is 0.296 e. The highest BCUT2D eigenvalue weighted by molar-refractivity contribution is 9.10. The number of rotatable bonds is 2. The molecule has 2 aromatic carbocycles. The maximum atomic E-state index is 13.8. The molecule has 10 heteroatoms. The third-order valence-electron chi connectivity index (χ3n) is 5.47. The summed E-state index contributed by atoms with van der Waals surface area (Å²) in [4.78, 5) is 42.8.